The molecule has 0 amide bonds. The van der Waals surface area contributed by atoms with E-state index in [1.54, 1.807) is 19.1 Å². The zero-order valence-electron chi connectivity index (χ0n) is 7.53. The molecule has 2 nitrogen and oxygen atoms in total. The van der Waals surface area contributed by atoms with E-state index in [2.05, 4.69) is 0 Å². The lowest BCUT2D eigenvalue weighted by Gasteiger charge is -2.05. The van der Waals surface area contributed by atoms with Gasteiger partial charge in [-0.1, -0.05) is 37.3 Å². The Morgan fingerprint density at radius 3 is 2.54 bits per heavy atom. The summed E-state index contributed by atoms with van der Waals surface area (Å²) in [6.07, 6.45) is 0.410. The summed E-state index contributed by atoms with van der Waals surface area (Å²) in [5.74, 6) is -0.611. The van der Waals surface area contributed by atoms with Crippen LogP contribution in [0.25, 0.3) is 0 Å². The second-order valence-electron chi connectivity index (χ2n) is 2.79. The largest absolute Gasteiger partial charge is 0.298 e. The lowest BCUT2D eigenvalue weighted by atomic mass is 9.95. The Morgan fingerprint density at radius 1 is 1.46 bits per heavy atom. The number of hydrogen-bond donors (Lipinski definition) is 0. The molecule has 0 fully saturated rings. The first-order valence-corrected chi connectivity index (χ1v) is 4.27. The number of ketones is 1. The quantitative estimate of drug-likeness (QED) is 0.703. The van der Waals surface area contributed by atoms with Crippen LogP contribution in [0.4, 0.5) is 0 Å². The highest BCUT2D eigenvalue weighted by molar-refractivity contribution is 5.88. The minimum atomic E-state index is -0.591. The maximum absolute atomic E-state index is 11.3. The molecule has 1 aromatic carbocycles. The van der Waals surface area contributed by atoms with E-state index in [0.29, 0.717) is 6.42 Å². The summed E-state index contributed by atoms with van der Waals surface area (Å²) < 4.78 is 0. The van der Waals surface area contributed by atoms with Crippen LogP contribution in [0.2, 0.25) is 0 Å². The van der Waals surface area contributed by atoms with Crippen molar-refractivity contribution in [2.75, 3.05) is 0 Å². The molecule has 0 heterocycles. The second-order valence-corrected chi connectivity index (χ2v) is 2.79. The van der Waals surface area contributed by atoms with Crippen LogP contribution in [0.5, 0.6) is 0 Å². The Balaban J connectivity index is 2.93. The molecule has 0 radical (unpaired) electrons. The average Bonchev–Trinajstić information content (AvgIpc) is 2.20. The molecule has 0 N–H and O–H groups in total. The van der Waals surface area contributed by atoms with Crippen molar-refractivity contribution in [3.63, 3.8) is 0 Å². The Labute approximate surface area is 77.8 Å². The third-order valence-corrected chi connectivity index (χ3v) is 1.93. The zero-order chi connectivity index (χ0) is 9.68. The lowest BCUT2D eigenvalue weighted by Crippen LogP contribution is -2.08. The lowest BCUT2D eigenvalue weighted by molar-refractivity contribution is -0.119. The number of nitrogens with zero attached hydrogens (tertiary/aromatic N) is 1. The van der Waals surface area contributed by atoms with Gasteiger partial charge >= 0.3 is 0 Å². The second kappa shape index (κ2) is 4.42. The monoisotopic (exact) mass is 173 g/mol. The van der Waals surface area contributed by atoms with Gasteiger partial charge in [-0.15, -0.1) is 0 Å². The van der Waals surface area contributed by atoms with Crippen LogP contribution < -0.4 is 0 Å². The van der Waals surface area contributed by atoms with Crippen LogP contribution in [-0.4, -0.2) is 5.78 Å². The minimum Gasteiger partial charge on any atom is -0.298 e. The van der Waals surface area contributed by atoms with E-state index < -0.39 is 5.92 Å². The van der Waals surface area contributed by atoms with Gasteiger partial charge in [-0.05, 0) is 5.56 Å². The molecule has 0 bridgehead atoms. The first kappa shape index (κ1) is 9.47. The molecule has 0 spiro atoms. The van der Waals surface area contributed by atoms with E-state index in [1.165, 1.54) is 0 Å². The molecule has 13 heavy (non-hydrogen) atoms. The molecule has 2 heteroatoms. The van der Waals surface area contributed by atoms with Gasteiger partial charge in [0.05, 0.1) is 6.07 Å². The van der Waals surface area contributed by atoms with E-state index in [4.69, 9.17) is 5.26 Å². The van der Waals surface area contributed by atoms with E-state index in [9.17, 15) is 4.79 Å². The standard InChI is InChI=1S/C11H11NO/c1-2-11(13)10(8-12)9-6-4-3-5-7-9/h3-7,10H,2H2,1H3. The van der Waals surface area contributed by atoms with Crippen LogP contribution in [0.3, 0.4) is 0 Å². The van der Waals surface area contributed by atoms with Gasteiger partial charge in [-0.2, -0.15) is 5.26 Å². The van der Waals surface area contributed by atoms with Gasteiger partial charge < -0.3 is 0 Å². The van der Waals surface area contributed by atoms with E-state index in [-0.39, 0.29) is 5.78 Å². The van der Waals surface area contributed by atoms with Crippen LogP contribution in [0, 0.1) is 11.3 Å². The molecule has 0 aliphatic carbocycles. The van der Waals surface area contributed by atoms with E-state index >= 15 is 0 Å². The summed E-state index contributed by atoms with van der Waals surface area (Å²) in [5.41, 5.74) is 0.789. The third-order valence-electron chi connectivity index (χ3n) is 1.93. The van der Waals surface area contributed by atoms with Crippen molar-refractivity contribution in [1.29, 1.82) is 5.26 Å². The highest BCUT2D eigenvalue weighted by atomic mass is 16.1. The SMILES string of the molecule is CCC(=O)C(C#N)c1ccccc1. The predicted octanol–water partition coefficient (Wildman–Crippen LogP) is 2.27. The maximum atomic E-state index is 11.3. The summed E-state index contributed by atoms with van der Waals surface area (Å²) in [5, 5.41) is 8.81. The number of carbonyl (C=O) groups excluding carboxylic acids is 1. The van der Waals surface area contributed by atoms with Gasteiger partial charge in [-0.25, -0.2) is 0 Å². The van der Waals surface area contributed by atoms with Crippen molar-refractivity contribution in [2.24, 2.45) is 0 Å². The summed E-state index contributed by atoms with van der Waals surface area (Å²) in [7, 11) is 0. The Morgan fingerprint density at radius 2 is 2.08 bits per heavy atom. The van der Waals surface area contributed by atoms with E-state index in [0.717, 1.165) is 5.56 Å². The Bertz CT molecular complexity index is 324. The van der Waals surface area contributed by atoms with Crippen molar-refractivity contribution < 1.29 is 4.79 Å². The van der Waals surface area contributed by atoms with Gasteiger partial charge in [0.1, 0.15) is 5.92 Å². The van der Waals surface area contributed by atoms with Gasteiger partial charge in [0.2, 0.25) is 0 Å². The highest BCUT2D eigenvalue weighted by Crippen LogP contribution is 2.16. The van der Waals surface area contributed by atoms with Gasteiger partial charge in [0.25, 0.3) is 0 Å². The highest BCUT2D eigenvalue weighted by Gasteiger charge is 2.17. The van der Waals surface area contributed by atoms with Gasteiger partial charge in [0.15, 0.2) is 5.78 Å². The van der Waals surface area contributed by atoms with Gasteiger partial charge in [0, 0.05) is 6.42 Å². The molecule has 1 rings (SSSR count). The summed E-state index contributed by atoms with van der Waals surface area (Å²) in [6, 6.07) is 11.2. The molecule has 0 aliphatic heterocycles. The first-order chi connectivity index (χ1) is 6.29. The predicted molar refractivity (Wildman–Crippen MR) is 50.1 cm³/mol. The van der Waals surface area contributed by atoms with Crippen LogP contribution in [0.15, 0.2) is 30.3 Å². The number of rotatable bonds is 3. The minimum absolute atomic E-state index is 0.0197. The number of carbonyl (C=O) groups is 1. The molecule has 1 atom stereocenters. The summed E-state index contributed by atoms with van der Waals surface area (Å²) in [6.45, 7) is 1.77. The molecule has 1 aromatic rings. The molecule has 1 unspecified atom stereocenters. The van der Waals surface area contributed by atoms with Crippen molar-refractivity contribution in [1.82, 2.24) is 0 Å². The summed E-state index contributed by atoms with van der Waals surface area (Å²) in [4.78, 5) is 11.3. The van der Waals surface area contributed by atoms with Crippen LogP contribution in [-0.2, 0) is 4.79 Å². The van der Waals surface area contributed by atoms with Crippen molar-refractivity contribution in [3.05, 3.63) is 35.9 Å². The average molecular weight is 173 g/mol. The number of nitriles is 1. The topological polar surface area (TPSA) is 40.9 Å². The molecule has 0 saturated heterocycles. The van der Waals surface area contributed by atoms with Crippen molar-refractivity contribution >= 4 is 5.78 Å². The molecule has 66 valence electrons. The fraction of sp³-hybridized carbons (Fsp3) is 0.273. The molecule has 0 aromatic heterocycles. The van der Waals surface area contributed by atoms with Crippen molar-refractivity contribution in [2.45, 2.75) is 19.3 Å². The number of benzene rings is 1. The molecular weight excluding hydrogens is 162 g/mol. The molecular formula is C11H11NO. The van der Waals surface area contributed by atoms with Crippen LogP contribution >= 0.6 is 0 Å². The number of Topliss-reactive ketones (excluding diaryl/α,β-unsaturated/α-hetero) is 1. The van der Waals surface area contributed by atoms with Gasteiger partial charge in [-0.3, -0.25) is 4.79 Å². The number of hydrogen-bond acceptors (Lipinski definition) is 2. The summed E-state index contributed by atoms with van der Waals surface area (Å²) >= 11 is 0. The smallest absolute Gasteiger partial charge is 0.154 e. The fourth-order valence-corrected chi connectivity index (χ4v) is 1.18. The fourth-order valence-electron chi connectivity index (χ4n) is 1.18. The first-order valence-electron chi connectivity index (χ1n) is 4.27. The third kappa shape index (κ3) is 2.16. The normalized spacial score (nSPS) is 11.7. The maximum Gasteiger partial charge on any atom is 0.154 e. The molecule has 0 saturated carbocycles. The van der Waals surface area contributed by atoms with Crippen molar-refractivity contribution in [3.8, 4) is 6.07 Å². The molecule has 0 aliphatic rings. The zero-order valence-corrected chi connectivity index (χ0v) is 7.53. The Kier molecular flexibility index (Phi) is 3.22. The Hall–Kier alpha value is -1.62. The van der Waals surface area contributed by atoms with E-state index in [1.807, 2.05) is 24.3 Å². The van der Waals surface area contributed by atoms with Crippen LogP contribution in [0.1, 0.15) is 24.8 Å².